The molecule has 17 heavy (non-hydrogen) atoms. The van der Waals surface area contributed by atoms with Crippen LogP contribution in [-0.2, 0) is 4.79 Å². The van der Waals surface area contributed by atoms with Crippen LogP contribution >= 0.6 is 0 Å². The molecule has 0 bridgehead atoms. The topological polar surface area (TPSA) is 63.3 Å². The third kappa shape index (κ3) is 2.28. The summed E-state index contributed by atoms with van der Waals surface area (Å²) in [5.74, 6) is -1.61. The number of rotatable bonds is 3. The molecule has 0 aromatic heterocycles. The number of nitrogens with two attached hydrogens (primary N) is 1. The van der Waals surface area contributed by atoms with E-state index in [1.54, 1.807) is 36.4 Å². The van der Waals surface area contributed by atoms with Crippen molar-refractivity contribution >= 4 is 11.7 Å². The molecule has 0 heterocycles. The monoisotopic (exact) mass is 227 g/mol. The summed E-state index contributed by atoms with van der Waals surface area (Å²) in [5, 5.41) is 9.35. The molecule has 0 aliphatic carbocycles. The van der Waals surface area contributed by atoms with Gasteiger partial charge in [0.25, 0.3) is 0 Å². The first-order chi connectivity index (χ1) is 8.20. The second kappa shape index (κ2) is 4.70. The van der Waals surface area contributed by atoms with Crippen LogP contribution in [0, 0.1) is 0 Å². The summed E-state index contributed by atoms with van der Waals surface area (Å²) in [4.78, 5) is 11.4. The molecule has 3 nitrogen and oxygen atoms in total. The Kier molecular flexibility index (Phi) is 3.10. The van der Waals surface area contributed by atoms with E-state index < -0.39 is 11.9 Å². The summed E-state index contributed by atoms with van der Waals surface area (Å²) in [6, 6.07) is 16.2. The number of aliphatic carboxylic acids is 1. The van der Waals surface area contributed by atoms with Crippen LogP contribution in [0.1, 0.15) is 17.0 Å². The van der Waals surface area contributed by atoms with Gasteiger partial charge >= 0.3 is 5.97 Å². The average Bonchev–Trinajstić information content (AvgIpc) is 2.33. The first-order valence-corrected chi connectivity index (χ1v) is 5.32. The minimum atomic E-state index is -0.894. The fraction of sp³-hybridized carbons (Fsp3) is 0.0714. The lowest BCUT2D eigenvalue weighted by molar-refractivity contribution is -0.137. The maximum Gasteiger partial charge on any atom is 0.315 e. The predicted molar refractivity (Wildman–Crippen MR) is 66.8 cm³/mol. The van der Waals surface area contributed by atoms with Gasteiger partial charge in [-0.05, 0) is 17.2 Å². The number of carboxylic acid groups (broad SMARTS) is 1. The molecule has 0 aliphatic heterocycles. The third-order valence-corrected chi connectivity index (χ3v) is 2.69. The van der Waals surface area contributed by atoms with E-state index in [9.17, 15) is 9.90 Å². The Morgan fingerprint density at radius 1 is 1.00 bits per heavy atom. The van der Waals surface area contributed by atoms with E-state index in [4.69, 9.17) is 5.73 Å². The highest BCUT2D eigenvalue weighted by molar-refractivity contribution is 5.82. The molecule has 0 radical (unpaired) electrons. The van der Waals surface area contributed by atoms with Crippen LogP contribution in [0.3, 0.4) is 0 Å². The molecule has 2 aromatic carbocycles. The second-order valence-corrected chi connectivity index (χ2v) is 3.81. The maximum atomic E-state index is 11.4. The number of hydrogen-bond donors (Lipinski definition) is 2. The summed E-state index contributed by atoms with van der Waals surface area (Å²) in [6.07, 6.45) is 0. The molecule has 2 rings (SSSR count). The highest BCUT2D eigenvalue weighted by atomic mass is 16.4. The van der Waals surface area contributed by atoms with Crippen molar-refractivity contribution in [1.82, 2.24) is 0 Å². The van der Waals surface area contributed by atoms with Gasteiger partial charge in [0.2, 0.25) is 0 Å². The Morgan fingerprint density at radius 2 is 1.59 bits per heavy atom. The molecule has 0 aliphatic rings. The molecule has 1 atom stereocenters. The summed E-state index contributed by atoms with van der Waals surface area (Å²) in [7, 11) is 0. The van der Waals surface area contributed by atoms with E-state index in [0.29, 0.717) is 11.3 Å². The van der Waals surface area contributed by atoms with Gasteiger partial charge in [-0.15, -0.1) is 0 Å². The summed E-state index contributed by atoms with van der Waals surface area (Å²) in [5.41, 5.74) is 7.70. The molecular weight excluding hydrogens is 214 g/mol. The lowest BCUT2D eigenvalue weighted by Crippen LogP contribution is -2.14. The fourth-order valence-corrected chi connectivity index (χ4v) is 1.87. The second-order valence-electron chi connectivity index (χ2n) is 3.81. The number of benzene rings is 2. The number of para-hydroxylation sites is 1. The van der Waals surface area contributed by atoms with Gasteiger partial charge in [-0.3, -0.25) is 4.79 Å². The van der Waals surface area contributed by atoms with Gasteiger partial charge in [0.15, 0.2) is 0 Å². The number of hydrogen-bond acceptors (Lipinski definition) is 2. The highest BCUT2D eigenvalue weighted by Crippen LogP contribution is 2.28. The Bertz CT molecular complexity index is 523. The minimum Gasteiger partial charge on any atom is -0.481 e. The molecule has 0 spiro atoms. The van der Waals surface area contributed by atoms with Crippen LogP contribution in [0.2, 0.25) is 0 Å². The molecule has 0 saturated heterocycles. The van der Waals surface area contributed by atoms with Crippen LogP contribution in [0.25, 0.3) is 0 Å². The van der Waals surface area contributed by atoms with Crippen LogP contribution in [-0.4, -0.2) is 11.1 Å². The Balaban J connectivity index is 2.51. The van der Waals surface area contributed by atoms with Crippen LogP contribution < -0.4 is 5.73 Å². The molecule has 3 heteroatoms. The number of anilines is 1. The van der Waals surface area contributed by atoms with E-state index >= 15 is 0 Å². The van der Waals surface area contributed by atoms with Crippen molar-refractivity contribution in [1.29, 1.82) is 0 Å². The molecule has 1 unspecified atom stereocenters. The summed E-state index contributed by atoms with van der Waals surface area (Å²) >= 11 is 0. The third-order valence-electron chi connectivity index (χ3n) is 2.69. The molecule has 0 fully saturated rings. The SMILES string of the molecule is Nc1ccccc1C(C(=O)O)c1ccccc1. The standard InChI is InChI=1S/C14H13NO2/c15-12-9-5-4-8-11(12)13(14(16)17)10-6-2-1-3-7-10/h1-9,13H,15H2,(H,16,17). The molecular formula is C14H13NO2. The molecule has 0 amide bonds. The van der Waals surface area contributed by atoms with Crippen LogP contribution in [0.15, 0.2) is 54.6 Å². The number of carboxylic acids is 1. The van der Waals surface area contributed by atoms with E-state index in [-0.39, 0.29) is 0 Å². The van der Waals surface area contributed by atoms with Crippen molar-refractivity contribution in [2.24, 2.45) is 0 Å². The maximum absolute atomic E-state index is 11.4. The first-order valence-electron chi connectivity index (χ1n) is 5.32. The van der Waals surface area contributed by atoms with Crippen LogP contribution in [0.4, 0.5) is 5.69 Å². The zero-order valence-corrected chi connectivity index (χ0v) is 9.21. The highest BCUT2D eigenvalue weighted by Gasteiger charge is 2.23. The van der Waals surface area contributed by atoms with Crippen molar-refractivity contribution in [3.05, 3.63) is 65.7 Å². The average molecular weight is 227 g/mol. The van der Waals surface area contributed by atoms with Crippen molar-refractivity contribution < 1.29 is 9.90 Å². The Hall–Kier alpha value is -2.29. The van der Waals surface area contributed by atoms with Gasteiger partial charge in [-0.1, -0.05) is 48.5 Å². The van der Waals surface area contributed by atoms with E-state index in [1.807, 2.05) is 18.2 Å². The van der Waals surface area contributed by atoms with E-state index in [2.05, 4.69) is 0 Å². The lowest BCUT2D eigenvalue weighted by atomic mass is 9.90. The first kappa shape index (κ1) is 11.2. The van der Waals surface area contributed by atoms with E-state index in [0.717, 1.165) is 5.56 Å². The molecule has 0 saturated carbocycles. The number of nitrogen functional groups attached to an aromatic ring is 1. The minimum absolute atomic E-state index is 0.503. The van der Waals surface area contributed by atoms with Gasteiger partial charge < -0.3 is 10.8 Å². The van der Waals surface area contributed by atoms with Crippen molar-refractivity contribution in [3.8, 4) is 0 Å². The van der Waals surface area contributed by atoms with Gasteiger partial charge in [0, 0.05) is 5.69 Å². The van der Waals surface area contributed by atoms with Gasteiger partial charge in [-0.2, -0.15) is 0 Å². The van der Waals surface area contributed by atoms with Gasteiger partial charge in [0.05, 0.1) is 0 Å². The fourth-order valence-electron chi connectivity index (χ4n) is 1.87. The quantitative estimate of drug-likeness (QED) is 0.792. The Morgan fingerprint density at radius 3 is 2.18 bits per heavy atom. The summed E-state index contributed by atoms with van der Waals surface area (Å²) in [6.45, 7) is 0. The lowest BCUT2D eigenvalue weighted by Gasteiger charge is -2.15. The molecule has 3 N–H and O–H groups in total. The van der Waals surface area contributed by atoms with E-state index in [1.165, 1.54) is 0 Å². The molecule has 86 valence electrons. The smallest absolute Gasteiger partial charge is 0.315 e. The van der Waals surface area contributed by atoms with Crippen LogP contribution in [0.5, 0.6) is 0 Å². The predicted octanol–water partition coefficient (Wildman–Crippen LogP) is 2.49. The molecule has 2 aromatic rings. The normalized spacial score (nSPS) is 12.0. The zero-order chi connectivity index (χ0) is 12.3. The van der Waals surface area contributed by atoms with Crippen molar-refractivity contribution in [2.75, 3.05) is 5.73 Å². The van der Waals surface area contributed by atoms with Gasteiger partial charge in [-0.25, -0.2) is 0 Å². The zero-order valence-electron chi connectivity index (χ0n) is 9.21. The number of carbonyl (C=O) groups is 1. The summed E-state index contributed by atoms with van der Waals surface area (Å²) < 4.78 is 0. The largest absolute Gasteiger partial charge is 0.481 e. The van der Waals surface area contributed by atoms with Crippen molar-refractivity contribution in [3.63, 3.8) is 0 Å². The Labute approximate surface area is 99.5 Å². The van der Waals surface area contributed by atoms with Gasteiger partial charge in [0.1, 0.15) is 5.92 Å². The van der Waals surface area contributed by atoms with Crippen molar-refractivity contribution in [2.45, 2.75) is 5.92 Å².